The highest BCUT2D eigenvalue weighted by Gasteiger charge is 2.11. The molecular formula is C27H21N5O2. The second-order valence-electron chi connectivity index (χ2n) is 7.51. The second-order valence-corrected chi connectivity index (χ2v) is 7.51. The lowest BCUT2D eigenvalue weighted by molar-refractivity contribution is -0.111. The molecule has 166 valence electrons. The van der Waals surface area contributed by atoms with Crippen molar-refractivity contribution in [2.45, 2.75) is 0 Å². The van der Waals surface area contributed by atoms with Gasteiger partial charge in [0.1, 0.15) is 29.3 Å². The highest BCUT2D eigenvalue weighted by molar-refractivity contribution is 5.99. The van der Waals surface area contributed by atoms with Crippen LogP contribution in [0, 0.1) is 0 Å². The summed E-state index contributed by atoms with van der Waals surface area (Å²) in [4.78, 5) is 23.8. The molecule has 7 nitrogen and oxygen atoms in total. The molecule has 3 aromatic carbocycles. The van der Waals surface area contributed by atoms with Crippen molar-refractivity contribution in [3.63, 3.8) is 0 Å². The van der Waals surface area contributed by atoms with E-state index in [0.717, 1.165) is 33.8 Å². The monoisotopic (exact) mass is 447 g/mol. The fourth-order valence-corrected chi connectivity index (χ4v) is 3.55. The number of aromatic amines is 1. The lowest BCUT2D eigenvalue weighted by atomic mass is 10.1. The van der Waals surface area contributed by atoms with Crippen LogP contribution < -0.4 is 15.4 Å². The first kappa shape index (κ1) is 21.0. The fraction of sp³-hybridized carbons (Fsp3) is 0. The van der Waals surface area contributed by atoms with E-state index in [9.17, 15) is 4.79 Å². The Morgan fingerprint density at radius 3 is 2.53 bits per heavy atom. The summed E-state index contributed by atoms with van der Waals surface area (Å²) >= 11 is 0. The molecule has 1 amide bonds. The van der Waals surface area contributed by atoms with Crippen molar-refractivity contribution in [3.8, 4) is 22.8 Å². The molecule has 0 aliphatic rings. The number of nitrogens with one attached hydrogen (secondary N) is 3. The minimum Gasteiger partial charge on any atom is -0.457 e. The van der Waals surface area contributed by atoms with E-state index in [-0.39, 0.29) is 5.91 Å². The summed E-state index contributed by atoms with van der Waals surface area (Å²) in [7, 11) is 0. The van der Waals surface area contributed by atoms with Gasteiger partial charge in [-0.2, -0.15) is 0 Å². The largest absolute Gasteiger partial charge is 0.457 e. The van der Waals surface area contributed by atoms with Gasteiger partial charge in [0.2, 0.25) is 5.91 Å². The average molecular weight is 447 g/mol. The average Bonchev–Trinajstić information content (AvgIpc) is 3.31. The number of anilines is 3. The SMILES string of the molecule is C=CC(=O)Nc1cccc(Nc2ncnc3[nH]c(-c4cccc(Oc5ccccc5)c4)cc23)c1. The van der Waals surface area contributed by atoms with Gasteiger partial charge in [-0.1, -0.05) is 43.0 Å². The van der Waals surface area contributed by atoms with Crippen molar-refractivity contribution < 1.29 is 9.53 Å². The maximum Gasteiger partial charge on any atom is 0.247 e. The Morgan fingerprint density at radius 2 is 1.68 bits per heavy atom. The summed E-state index contributed by atoms with van der Waals surface area (Å²) in [6, 6.07) is 26.9. The van der Waals surface area contributed by atoms with Crippen molar-refractivity contribution >= 4 is 34.1 Å². The number of benzene rings is 3. The van der Waals surface area contributed by atoms with Gasteiger partial charge in [0.05, 0.1) is 5.39 Å². The van der Waals surface area contributed by atoms with Gasteiger partial charge >= 0.3 is 0 Å². The Bertz CT molecular complexity index is 1480. The van der Waals surface area contributed by atoms with Crippen molar-refractivity contribution in [1.82, 2.24) is 15.0 Å². The smallest absolute Gasteiger partial charge is 0.247 e. The molecule has 0 fully saturated rings. The molecule has 7 heteroatoms. The number of hydrogen-bond acceptors (Lipinski definition) is 5. The number of para-hydroxylation sites is 1. The molecule has 3 N–H and O–H groups in total. The van der Waals surface area contributed by atoms with Crippen LogP contribution in [0.3, 0.4) is 0 Å². The van der Waals surface area contributed by atoms with Crippen LogP contribution >= 0.6 is 0 Å². The number of amides is 1. The summed E-state index contributed by atoms with van der Waals surface area (Å²) in [5.74, 6) is 1.90. The van der Waals surface area contributed by atoms with E-state index in [4.69, 9.17) is 4.74 Å². The predicted molar refractivity (Wildman–Crippen MR) is 134 cm³/mol. The Kier molecular flexibility index (Phi) is 5.73. The Labute approximate surface area is 196 Å². The third kappa shape index (κ3) is 4.63. The number of hydrogen-bond donors (Lipinski definition) is 3. The second kappa shape index (κ2) is 9.30. The van der Waals surface area contributed by atoms with E-state index in [1.54, 1.807) is 6.07 Å². The van der Waals surface area contributed by atoms with Gasteiger partial charge in [-0.15, -0.1) is 0 Å². The molecule has 5 aromatic rings. The molecule has 0 spiro atoms. The number of carbonyl (C=O) groups is 1. The standard InChI is InChI=1S/C27H21N5O2/c1-2-25(33)30-19-9-7-10-20(15-19)31-26-23-16-24(32-27(23)29-17-28-26)18-8-6-13-22(14-18)34-21-11-4-3-5-12-21/h2-17H,1H2,(H,30,33)(H2,28,29,31,32). The number of nitrogens with zero attached hydrogens (tertiary/aromatic N) is 2. The Balaban J connectivity index is 1.42. The minimum absolute atomic E-state index is 0.268. The van der Waals surface area contributed by atoms with E-state index in [1.807, 2.05) is 78.9 Å². The van der Waals surface area contributed by atoms with Crippen LogP contribution in [0.15, 0.2) is 104 Å². The Morgan fingerprint density at radius 1 is 0.882 bits per heavy atom. The van der Waals surface area contributed by atoms with Gasteiger partial charge in [-0.25, -0.2) is 9.97 Å². The quantitative estimate of drug-likeness (QED) is 0.255. The fourth-order valence-electron chi connectivity index (χ4n) is 3.55. The predicted octanol–water partition coefficient (Wildman–Crippen LogP) is 6.29. The van der Waals surface area contributed by atoms with Gasteiger partial charge in [-0.3, -0.25) is 4.79 Å². The first-order chi connectivity index (χ1) is 16.7. The molecule has 34 heavy (non-hydrogen) atoms. The van der Waals surface area contributed by atoms with Crippen LogP contribution in [0.1, 0.15) is 0 Å². The molecule has 5 rings (SSSR count). The van der Waals surface area contributed by atoms with E-state index < -0.39 is 0 Å². The molecule has 0 saturated heterocycles. The van der Waals surface area contributed by atoms with Crippen molar-refractivity contribution in [3.05, 3.63) is 104 Å². The summed E-state index contributed by atoms with van der Waals surface area (Å²) in [5, 5.41) is 6.91. The molecule has 0 atom stereocenters. The van der Waals surface area contributed by atoms with Crippen LogP contribution in [0.25, 0.3) is 22.3 Å². The molecule has 0 bridgehead atoms. The van der Waals surface area contributed by atoms with Crippen LogP contribution in [0.2, 0.25) is 0 Å². The van der Waals surface area contributed by atoms with Crippen molar-refractivity contribution in [2.75, 3.05) is 10.6 Å². The maximum atomic E-state index is 11.6. The lowest BCUT2D eigenvalue weighted by Gasteiger charge is -2.08. The molecule has 0 radical (unpaired) electrons. The normalized spacial score (nSPS) is 10.6. The van der Waals surface area contributed by atoms with Crippen LogP contribution in [-0.2, 0) is 4.79 Å². The van der Waals surface area contributed by atoms with Crippen LogP contribution in [0.5, 0.6) is 11.5 Å². The zero-order valence-corrected chi connectivity index (χ0v) is 18.2. The topological polar surface area (TPSA) is 91.9 Å². The van der Waals surface area contributed by atoms with E-state index in [0.29, 0.717) is 17.2 Å². The molecule has 2 heterocycles. The summed E-state index contributed by atoms with van der Waals surface area (Å²) in [6.07, 6.45) is 2.73. The molecule has 0 saturated carbocycles. The zero-order valence-electron chi connectivity index (χ0n) is 18.2. The number of aromatic nitrogens is 3. The number of fused-ring (bicyclic) bond motifs is 1. The maximum absolute atomic E-state index is 11.6. The van der Waals surface area contributed by atoms with Gasteiger partial charge in [0, 0.05) is 22.6 Å². The number of carbonyl (C=O) groups excluding carboxylic acids is 1. The third-order valence-electron chi connectivity index (χ3n) is 5.13. The Hall–Kier alpha value is -4.91. The highest BCUT2D eigenvalue weighted by atomic mass is 16.5. The van der Waals surface area contributed by atoms with Gasteiger partial charge in [-0.05, 0) is 54.6 Å². The minimum atomic E-state index is -0.268. The lowest BCUT2D eigenvalue weighted by Crippen LogP contribution is -2.07. The third-order valence-corrected chi connectivity index (χ3v) is 5.13. The molecule has 0 aliphatic heterocycles. The van der Waals surface area contributed by atoms with Gasteiger partial charge < -0.3 is 20.4 Å². The highest BCUT2D eigenvalue weighted by Crippen LogP contribution is 2.31. The molecular weight excluding hydrogens is 426 g/mol. The summed E-state index contributed by atoms with van der Waals surface area (Å²) < 4.78 is 5.97. The number of ether oxygens (including phenoxy) is 1. The van der Waals surface area contributed by atoms with Gasteiger partial charge in [0.15, 0.2) is 0 Å². The molecule has 0 aliphatic carbocycles. The van der Waals surface area contributed by atoms with Crippen molar-refractivity contribution in [2.24, 2.45) is 0 Å². The van der Waals surface area contributed by atoms with E-state index in [1.165, 1.54) is 12.4 Å². The molecule has 0 unspecified atom stereocenters. The molecule has 2 aromatic heterocycles. The van der Waals surface area contributed by atoms with Crippen molar-refractivity contribution in [1.29, 1.82) is 0 Å². The first-order valence-electron chi connectivity index (χ1n) is 10.7. The van der Waals surface area contributed by atoms with Crippen LogP contribution in [0.4, 0.5) is 17.2 Å². The van der Waals surface area contributed by atoms with Crippen LogP contribution in [-0.4, -0.2) is 20.9 Å². The zero-order chi connectivity index (χ0) is 23.3. The van der Waals surface area contributed by atoms with E-state index >= 15 is 0 Å². The number of rotatable bonds is 7. The summed E-state index contributed by atoms with van der Waals surface area (Å²) in [6.45, 7) is 3.48. The van der Waals surface area contributed by atoms with Gasteiger partial charge in [0.25, 0.3) is 0 Å². The number of H-pyrrole nitrogens is 1. The van der Waals surface area contributed by atoms with E-state index in [2.05, 4.69) is 32.2 Å². The summed E-state index contributed by atoms with van der Waals surface area (Å²) in [5.41, 5.74) is 4.00. The first-order valence-corrected chi connectivity index (χ1v) is 10.7.